The fourth-order valence-electron chi connectivity index (χ4n) is 3.60. The van der Waals surface area contributed by atoms with Crippen LogP contribution in [0.5, 0.6) is 5.75 Å². The molecule has 1 saturated heterocycles. The number of likely N-dealkylation sites (N-methyl/N-ethyl adjacent to an activating group) is 1. The highest BCUT2D eigenvalue weighted by atomic mass is 19.1. The van der Waals surface area contributed by atoms with E-state index >= 15 is 0 Å². The molecule has 1 aromatic heterocycles. The first-order chi connectivity index (χ1) is 16.4. The molecule has 0 bridgehead atoms. The molecule has 3 rings (SSSR count). The van der Waals surface area contributed by atoms with E-state index in [0.717, 1.165) is 43.1 Å². The van der Waals surface area contributed by atoms with E-state index in [-0.39, 0.29) is 18.7 Å². The molecule has 1 aromatic carbocycles. The molecule has 0 amide bonds. The number of hydrazone groups is 1. The summed E-state index contributed by atoms with van der Waals surface area (Å²) in [6.45, 7) is 14.9. The molecule has 1 aliphatic rings. The fraction of sp³-hybridized carbons (Fsp3) is 0.435. The van der Waals surface area contributed by atoms with Crippen LogP contribution in [0.2, 0.25) is 0 Å². The molecule has 4 N–H and O–H groups in total. The van der Waals surface area contributed by atoms with Crippen molar-refractivity contribution in [2.24, 2.45) is 15.1 Å². The maximum atomic E-state index is 14.4. The van der Waals surface area contributed by atoms with Gasteiger partial charge in [-0.05, 0) is 39.7 Å². The third kappa shape index (κ3) is 7.03. The van der Waals surface area contributed by atoms with Crippen LogP contribution < -0.4 is 20.8 Å². The Morgan fingerprint density at radius 3 is 2.74 bits per heavy atom. The molecule has 1 aliphatic heterocycles. The van der Waals surface area contributed by atoms with Crippen LogP contribution in [0.25, 0.3) is 10.9 Å². The summed E-state index contributed by atoms with van der Waals surface area (Å²) in [6, 6.07) is 5.06. The number of hydrogen-bond acceptors (Lipinski definition) is 8. The number of piperazine rings is 1. The van der Waals surface area contributed by atoms with Gasteiger partial charge in [-0.3, -0.25) is 10.7 Å². The number of aromatic nitrogens is 1. The number of nitrogens with zero attached hydrogens (tertiary/aromatic N) is 5. The number of hydrogen-bond donors (Lipinski definition) is 4. The second-order valence-corrected chi connectivity index (χ2v) is 8.16. The van der Waals surface area contributed by atoms with Crippen molar-refractivity contribution in [2.45, 2.75) is 20.0 Å². The van der Waals surface area contributed by atoms with Crippen molar-refractivity contribution < 1.29 is 9.13 Å². The Bertz CT molecular complexity index is 1040. The average Bonchev–Trinajstić information content (AvgIpc) is 3.19. The van der Waals surface area contributed by atoms with Crippen LogP contribution in [0.3, 0.4) is 0 Å². The molecular weight excluding hydrogens is 437 g/mol. The molecule has 0 radical (unpaired) electrons. The number of halogens is 1. The second-order valence-electron chi connectivity index (χ2n) is 8.16. The molecule has 1 fully saturated rings. The maximum Gasteiger partial charge on any atom is 0.181 e. The van der Waals surface area contributed by atoms with Crippen LogP contribution in [0.15, 0.2) is 45.2 Å². The van der Waals surface area contributed by atoms with Crippen molar-refractivity contribution in [1.29, 1.82) is 0 Å². The largest absolute Gasteiger partial charge is 0.471 e. The Hall–Kier alpha value is -3.44. The van der Waals surface area contributed by atoms with Crippen LogP contribution in [0, 0.1) is 12.7 Å². The van der Waals surface area contributed by atoms with E-state index in [2.05, 4.69) is 66.4 Å². The molecule has 0 saturated carbocycles. The number of benzene rings is 1. The quantitative estimate of drug-likeness (QED) is 0.173. The zero-order valence-corrected chi connectivity index (χ0v) is 20.1. The third-order valence-corrected chi connectivity index (χ3v) is 5.47. The van der Waals surface area contributed by atoms with E-state index in [4.69, 9.17) is 4.74 Å². The number of rotatable bonds is 11. The van der Waals surface area contributed by atoms with Gasteiger partial charge in [0.2, 0.25) is 0 Å². The minimum atomic E-state index is -0.353. The van der Waals surface area contributed by atoms with Gasteiger partial charge in [0.05, 0.1) is 18.4 Å². The van der Waals surface area contributed by atoms with Gasteiger partial charge < -0.3 is 24.8 Å². The number of nitrogens with one attached hydrogen (secondary N) is 4. The number of aliphatic imine (C=N–C) groups is 2. The molecule has 10 nitrogen and oxygen atoms in total. The fourth-order valence-corrected chi connectivity index (χ4v) is 3.60. The first-order valence-corrected chi connectivity index (χ1v) is 11.2. The van der Waals surface area contributed by atoms with Crippen LogP contribution in [0.4, 0.5) is 4.39 Å². The van der Waals surface area contributed by atoms with Gasteiger partial charge in [-0.15, -0.1) is 0 Å². The first kappa shape index (κ1) is 25.2. The zero-order chi connectivity index (χ0) is 24.5. The summed E-state index contributed by atoms with van der Waals surface area (Å²) in [6.07, 6.45) is 1.78. The second kappa shape index (κ2) is 12.1. The number of fused-ring (bicyclic) bond motifs is 1. The first-order valence-electron chi connectivity index (χ1n) is 11.2. The van der Waals surface area contributed by atoms with Gasteiger partial charge in [-0.2, -0.15) is 5.10 Å². The highest BCUT2D eigenvalue weighted by molar-refractivity contribution is 5.93. The van der Waals surface area contributed by atoms with Gasteiger partial charge in [-0.25, -0.2) is 14.4 Å². The molecule has 2 aromatic rings. The SMILES string of the molecule is C=NNC(C)NCN/C(=C/C(=N\COc1cc(F)c2[nH]c(C)cc2c1)N1CCN(C)CC1)N=C. The van der Waals surface area contributed by atoms with E-state index < -0.39 is 0 Å². The molecule has 1 atom stereocenters. The molecule has 2 heterocycles. The Labute approximate surface area is 199 Å². The van der Waals surface area contributed by atoms with Gasteiger partial charge >= 0.3 is 0 Å². The topological polar surface area (TPSA) is 105 Å². The van der Waals surface area contributed by atoms with Gasteiger partial charge in [0.25, 0.3) is 0 Å². The van der Waals surface area contributed by atoms with Crippen molar-refractivity contribution >= 4 is 30.2 Å². The lowest BCUT2D eigenvalue weighted by Gasteiger charge is -2.34. The van der Waals surface area contributed by atoms with Crippen molar-refractivity contribution in [2.75, 3.05) is 46.6 Å². The Balaban J connectivity index is 1.72. The van der Waals surface area contributed by atoms with Crippen LogP contribution >= 0.6 is 0 Å². The predicted molar refractivity (Wildman–Crippen MR) is 136 cm³/mol. The number of ether oxygens (including phenoxy) is 1. The van der Waals surface area contributed by atoms with Crippen molar-refractivity contribution in [3.63, 3.8) is 0 Å². The summed E-state index contributed by atoms with van der Waals surface area (Å²) in [7, 11) is 2.10. The van der Waals surface area contributed by atoms with Crippen LogP contribution in [-0.4, -0.2) is 86.8 Å². The molecule has 0 aliphatic carbocycles. The lowest BCUT2D eigenvalue weighted by Crippen LogP contribution is -2.47. The van der Waals surface area contributed by atoms with Crippen molar-refractivity contribution in [3.05, 3.63) is 41.6 Å². The predicted octanol–water partition coefficient (Wildman–Crippen LogP) is 1.83. The number of amidine groups is 1. The molecule has 184 valence electrons. The Morgan fingerprint density at radius 1 is 1.26 bits per heavy atom. The smallest absolute Gasteiger partial charge is 0.181 e. The average molecular weight is 472 g/mol. The Kier molecular flexibility index (Phi) is 9.00. The van der Waals surface area contributed by atoms with Crippen molar-refractivity contribution in [3.8, 4) is 5.75 Å². The minimum Gasteiger partial charge on any atom is -0.471 e. The lowest BCUT2D eigenvalue weighted by molar-refractivity contribution is 0.214. The Morgan fingerprint density at radius 2 is 2.03 bits per heavy atom. The highest BCUT2D eigenvalue weighted by Gasteiger charge is 2.17. The highest BCUT2D eigenvalue weighted by Crippen LogP contribution is 2.24. The summed E-state index contributed by atoms with van der Waals surface area (Å²) in [4.78, 5) is 16.2. The number of aromatic amines is 1. The number of H-pyrrole nitrogens is 1. The summed E-state index contributed by atoms with van der Waals surface area (Å²) >= 11 is 0. The summed E-state index contributed by atoms with van der Waals surface area (Å²) in [5.74, 6) is 1.37. The molecule has 0 spiro atoms. The normalized spacial score (nSPS) is 16.4. The molecule has 34 heavy (non-hydrogen) atoms. The van der Waals surface area contributed by atoms with Crippen molar-refractivity contribution in [1.82, 2.24) is 30.8 Å². The molecular formula is C23H34FN9O. The van der Waals surface area contributed by atoms with E-state index in [1.807, 2.05) is 26.0 Å². The monoisotopic (exact) mass is 471 g/mol. The summed E-state index contributed by atoms with van der Waals surface area (Å²) in [5, 5.41) is 10.8. The zero-order valence-electron chi connectivity index (χ0n) is 20.1. The van der Waals surface area contributed by atoms with Crippen LogP contribution in [0.1, 0.15) is 12.6 Å². The summed E-state index contributed by atoms with van der Waals surface area (Å²) < 4.78 is 20.2. The maximum absolute atomic E-state index is 14.4. The van der Waals surface area contributed by atoms with E-state index in [0.29, 0.717) is 23.8 Å². The summed E-state index contributed by atoms with van der Waals surface area (Å²) in [5.41, 5.74) is 4.18. The standard InChI is InChI=1S/C23H34FN9O/c1-16-10-18-11-19(12-20(24)23(18)30-16)34-15-29-22(33-8-6-32(5)7-9-33)13-21(25-3)28-14-27-17(2)31-26-4/h10-13,17,27-28,30-31H,3-4,6-9,14-15H2,1-2,5H3/b21-13+,29-22+. The van der Waals surface area contributed by atoms with Gasteiger partial charge in [0, 0.05) is 56.1 Å². The van der Waals surface area contributed by atoms with Crippen LogP contribution in [-0.2, 0) is 0 Å². The van der Waals surface area contributed by atoms with E-state index in [9.17, 15) is 4.39 Å². The van der Waals surface area contributed by atoms with E-state index in [1.165, 1.54) is 6.07 Å². The van der Waals surface area contributed by atoms with E-state index in [1.54, 1.807) is 6.07 Å². The third-order valence-electron chi connectivity index (χ3n) is 5.47. The lowest BCUT2D eigenvalue weighted by atomic mass is 10.2. The van der Waals surface area contributed by atoms with Gasteiger partial charge in [-0.1, -0.05) is 0 Å². The number of aryl methyl sites for hydroxylation is 1. The van der Waals surface area contributed by atoms with Gasteiger partial charge in [0.15, 0.2) is 12.5 Å². The van der Waals surface area contributed by atoms with Gasteiger partial charge in [0.1, 0.15) is 17.4 Å². The minimum absolute atomic E-state index is 0.0428. The molecule has 1 unspecified atom stereocenters. The molecule has 11 heteroatoms.